The zero-order chi connectivity index (χ0) is 14.2. The molecule has 1 heterocycles. The van der Waals surface area contributed by atoms with Gasteiger partial charge in [0.1, 0.15) is 0 Å². The maximum Gasteiger partial charge on any atom is -0.00436 e. The molecule has 20 heavy (non-hydrogen) atoms. The number of hydrogen-bond acceptors (Lipinski definition) is 1. The highest BCUT2D eigenvalue weighted by Gasteiger charge is 2.40. The summed E-state index contributed by atoms with van der Waals surface area (Å²) in [5.74, 6) is 0.808. The third kappa shape index (κ3) is 2.79. The van der Waals surface area contributed by atoms with Gasteiger partial charge in [0.2, 0.25) is 0 Å². The Morgan fingerprint density at radius 2 is 1.65 bits per heavy atom. The first-order valence-corrected chi connectivity index (χ1v) is 8.30. The first-order valence-electron chi connectivity index (χ1n) is 8.30. The normalized spacial score (nSPS) is 26.1. The van der Waals surface area contributed by atoms with Gasteiger partial charge in [-0.15, -0.1) is 0 Å². The standard InChI is InChI=1S/C19H29N/c1-18(2,3)17-6-4-15(5-7-17)16-8-9-19(14-16)10-12-20-13-11-19/h4-7,16,20H,8-14H2,1-3H3. The van der Waals surface area contributed by atoms with Crippen molar-refractivity contribution in [1.29, 1.82) is 0 Å². The highest BCUT2D eigenvalue weighted by atomic mass is 14.9. The van der Waals surface area contributed by atoms with E-state index in [-0.39, 0.29) is 5.41 Å². The van der Waals surface area contributed by atoms with Crippen molar-refractivity contribution in [2.75, 3.05) is 13.1 Å². The molecule has 0 amide bonds. The Kier molecular flexibility index (Phi) is 3.66. The fourth-order valence-electron chi connectivity index (χ4n) is 4.16. The number of nitrogens with one attached hydrogen (secondary N) is 1. The molecule has 1 saturated heterocycles. The minimum absolute atomic E-state index is 0.268. The van der Waals surface area contributed by atoms with Crippen LogP contribution >= 0.6 is 0 Å². The summed E-state index contributed by atoms with van der Waals surface area (Å²) < 4.78 is 0. The van der Waals surface area contributed by atoms with Gasteiger partial charge in [-0.05, 0) is 73.1 Å². The van der Waals surface area contributed by atoms with Crippen molar-refractivity contribution in [2.45, 2.75) is 64.2 Å². The lowest BCUT2D eigenvalue weighted by atomic mass is 9.76. The summed E-state index contributed by atoms with van der Waals surface area (Å²) in [5, 5.41) is 3.51. The maximum absolute atomic E-state index is 3.51. The first kappa shape index (κ1) is 14.1. The predicted molar refractivity (Wildman–Crippen MR) is 86.3 cm³/mol. The molecule has 3 rings (SSSR count). The van der Waals surface area contributed by atoms with E-state index in [9.17, 15) is 0 Å². The SMILES string of the molecule is CC(C)(C)c1ccc(C2CCC3(CCNCC3)C2)cc1. The van der Waals surface area contributed by atoms with Crippen molar-refractivity contribution in [3.8, 4) is 0 Å². The molecule has 1 aliphatic carbocycles. The monoisotopic (exact) mass is 271 g/mol. The molecule has 1 spiro atoms. The first-order chi connectivity index (χ1) is 9.49. The molecule has 2 aliphatic rings. The molecule has 0 aromatic heterocycles. The molecule has 1 saturated carbocycles. The summed E-state index contributed by atoms with van der Waals surface area (Å²) in [6, 6.07) is 9.49. The minimum atomic E-state index is 0.268. The fraction of sp³-hybridized carbons (Fsp3) is 0.684. The maximum atomic E-state index is 3.51. The van der Waals surface area contributed by atoms with Gasteiger partial charge in [0, 0.05) is 0 Å². The van der Waals surface area contributed by atoms with E-state index in [1.165, 1.54) is 50.8 Å². The van der Waals surface area contributed by atoms with E-state index >= 15 is 0 Å². The predicted octanol–water partition coefficient (Wildman–Crippen LogP) is 4.62. The Hall–Kier alpha value is -0.820. The Bertz CT molecular complexity index is 446. The summed E-state index contributed by atoms with van der Waals surface area (Å²) >= 11 is 0. The zero-order valence-electron chi connectivity index (χ0n) is 13.3. The molecule has 1 unspecified atom stereocenters. The van der Waals surface area contributed by atoms with Crippen LogP contribution in [0, 0.1) is 5.41 Å². The summed E-state index contributed by atoms with van der Waals surface area (Å²) in [6.07, 6.45) is 7.05. The van der Waals surface area contributed by atoms with Crippen LogP contribution in [0.15, 0.2) is 24.3 Å². The third-order valence-electron chi connectivity index (χ3n) is 5.61. The summed E-state index contributed by atoms with van der Waals surface area (Å²) in [5.41, 5.74) is 3.97. The van der Waals surface area contributed by atoms with E-state index < -0.39 is 0 Å². The van der Waals surface area contributed by atoms with Gasteiger partial charge in [-0.3, -0.25) is 0 Å². The van der Waals surface area contributed by atoms with E-state index in [0.29, 0.717) is 5.41 Å². The van der Waals surface area contributed by atoms with Gasteiger partial charge < -0.3 is 5.32 Å². The molecular weight excluding hydrogens is 242 g/mol. The molecule has 1 aromatic carbocycles. The number of rotatable bonds is 1. The Morgan fingerprint density at radius 3 is 2.25 bits per heavy atom. The molecule has 0 bridgehead atoms. The molecule has 1 atom stereocenters. The largest absolute Gasteiger partial charge is 0.317 e. The van der Waals surface area contributed by atoms with E-state index in [4.69, 9.17) is 0 Å². The van der Waals surface area contributed by atoms with Crippen LogP contribution in [-0.2, 0) is 5.41 Å². The van der Waals surface area contributed by atoms with E-state index in [0.717, 1.165) is 5.92 Å². The summed E-state index contributed by atoms with van der Waals surface area (Å²) in [6.45, 7) is 9.34. The Labute approximate surface area is 124 Å². The van der Waals surface area contributed by atoms with Gasteiger partial charge in [0.05, 0.1) is 0 Å². The number of piperidine rings is 1. The fourth-order valence-corrected chi connectivity index (χ4v) is 4.16. The van der Waals surface area contributed by atoms with Gasteiger partial charge in [0.25, 0.3) is 0 Å². The Balaban J connectivity index is 1.71. The smallest absolute Gasteiger partial charge is 0.00436 e. The molecule has 0 radical (unpaired) electrons. The van der Waals surface area contributed by atoms with Crippen molar-refractivity contribution < 1.29 is 0 Å². The molecular formula is C19H29N. The van der Waals surface area contributed by atoms with Crippen LogP contribution in [0.2, 0.25) is 0 Å². The van der Waals surface area contributed by atoms with Crippen molar-refractivity contribution in [3.05, 3.63) is 35.4 Å². The quantitative estimate of drug-likeness (QED) is 0.786. The van der Waals surface area contributed by atoms with Crippen molar-refractivity contribution >= 4 is 0 Å². The second-order valence-electron chi connectivity index (χ2n) is 8.06. The van der Waals surface area contributed by atoms with Crippen LogP contribution in [0.25, 0.3) is 0 Å². The van der Waals surface area contributed by atoms with Gasteiger partial charge in [-0.25, -0.2) is 0 Å². The van der Waals surface area contributed by atoms with E-state index in [2.05, 4.69) is 50.4 Å². The number of hydrogen-bond donors (Lipinski definition) is 1. The average Bonchev–Trinajstić information content (AvgIpc) is 2.83. The highest BCUT2D eigenvalue weighted by molar-refractivity contribution is 5.30. The molecule has 1 heteroatoms. The average molecular weight is 271 g/mol. The van der Waals surface area contributed by atoms with Crippen molar-refractivity contribution in [1.82, 2.24) is 5.32 Å². The molecule has 1 aliphatic heterocycles. The molecule has 1 nitrogen and oxygen atoms in total. The molecule has 1 aromatic rings. The second kappa shape index (κ2) is 5.18. The Morgan fingerprint density at radius 1 is 1.00 bits per heavy atom. The molecule has 2 fully saturated rings. The van der Waals surface area contributed by atoms with Crippen molar-refractivity contribution in [3.63, 3.8) is 0 Å². The van der Waals surface area contributed by atoms with Crippen LogP contribution in [0.5, 0.6) is 0 Å². The minimum Gasteiger partial charge on any atom is -0.317 e. The summed E-state index contributed by atoms with van der Waals surface area (Å²) in [7, 11) is 0. The van der Waals surface area contributed by atoms with Crippen LogP contribution in [0.4, 0.5) is 0 Å². The van der Waals surface area contributed by atoms with Crippen molar-refractivity contribution in [2.24, 2.45) is 5.41 Å². The van der Waals surface area contributed by atoms with Gasteiger partial charge in [-0.2, -0.15) is 0 Å². The van der Waals surface area contributed by atoms with Crippen LogP contribution in [0.3, 0.4) is 0 Å². The van der Waals surface area contributed by atoms with Crippen LogP contribution in [0.1, 0.15) is 69.9 Å². The van der Waals surface area contributed by atoms with E-state index in [1.807, 2.05) is 0 Å². The lowest BCUT2D eigenvalue weighted by molar-refractivity contribution is 0.207. The molecule has 110 valence electrons. The van der Waals surface area contributed by atoms with Gasteiger partial charge >= 0.3 is 0 Å². The summed E-state index contributed by atoms with van der Waals surface area (Å²) in [4.78, 5) is 0. The number of benzene rings is 1. The van der Waals surface area contributed by atoms with Crippen LogP contribution in [-0.4, -0.2) is 13.1 Å². The van der Waals surface area contributed by atoms with E-state index in [1.54, 1.807) is 5.56 Å². The van der Waals surface area contributed by atoms with Crippen LogP contribution < -0.4 is 5.32 Å². The third-order valence-corrected chi connectivity index (χ3v) is 5.61. The highest BCUT2D eigenvalue weighted by Crippen LogP contribution is 2.51. The van der Waals surface area contributed by atoms with Gasteiger partial charge in [0.15, 0.2) is 0 Å². The molecule has 1 N–H and O–H groups in total. The lowest BCUT2D eigenvalue weighted by Crippen LogP contribution is -2.35. The second-order valence-corrected chi connectivity index (χ2v) is 8.06. The topological polar surface area (TPSA) is 12.0 Å². The zero-order valence-corrected chi connectivity index (χ0v) is 13.3. The lowest BCUT2D eigenvalue weighted by Gasteiger charge is -2.34. The van der Waals surface area contributed by atoms with Gasteiger partial charge in [-0.1, -0.05) is 45.0 Å².